The van der Waals surface area contributed by atoms with Crippen molar-refractivity contribution in [2.75, 3.05) is 18.5 Å². The van der Waals surface area contributed by atoms with Crippen LogP contribution in [-0.2, 0) is 11.3 Å². The van der Waals surface area contributed by atoms with E-state index in [1.165, 1.54) is 0 Å². The van der Waals surface area contributed by atoms with Crippen LogP contribution in [0.3, 0.4) is 0 Å². The minimum absolute atomic E-state index is 0.407. The summed E-state index contributed by atoms with van der Waals surface area (Å²) in [6.45, 7) is 4.30. The minimum atomic E-state index is 0.407. The number of anilines is 1. The van der Waals surface area contributed by atoms with Crippen molar-refractivity contribution in [1.29, 1.82) is 0 Å². The number of thiazole rings is 1. The SMILES string of the molecule is Cc1nc(CNc2cc(C3CCOC3)ncn2)cs1. The number of nitrogens with one attached hydrogen (secondary N) is 1. The maximum absolute atomic E-state index is 5.39. The second-order valence-corrected chi connectivity index (χ2v) is 5.66. The maximum atomic E-state index is 5.39. The maximum Gasteiger partial charge on any atom is 0.129 e. The Hall–Kier alpha value is -1.53. The first kappa shape index (κ1) is 12.5. The number of nitrogens with zero attached hydrogens (tertiary/aromatic N) is 3. The van der Waals surface area contributed by atoms with E-state index in [4.69, 9.17) is 4.74 Å². The van der Waals surface area contributed by atoms with Gasteiger partial charge >= 0.3 is 0 Å². The summed E-state index contributed by atoms with van der Waals surface area (Å²) in [5.74, 6) is 1.26. The summed E-state index contributed by atoms with van der Waals surface area (Å²) in [5.41, 5.74) is 2.11. The molecule has 0 amide bonds. The van der Waals surface area contributed by atoms with E-state index < -0.39 is 0 Å². The monoisotopic (exact) mass is 276 g/mol. The standard InChI is InChI=1S/C13H16N4OS/c1-9-17-11(7-19-9)5-14-13-4-12(15-8-16-13)10-2-3-18-6-10/h4,7-8,10H,2-3,5-6H2,1H3,(H,14,15,16). The molecule has 2 aromatic heterocycles. The molecule has 0 aromatic carbocycles. The lowest BCUT2D eigenvalue weighted by Crippen LogP contribution is -2.06. The molecule has 2 aromatic rings. The third-order valence-electron chi connectivity index (χ3n) is 3.15. The molecule has 0 saturated carbocycles. The van der Waals surface area contributed by atoms with Crippen LogP contribution in [-0.4, -0.2) is 28.2 Å². The van der Waals surface area contributed by atoms with Crippen molar-refractivity contribution < 1.29 is 4.74 Å². The number of aromatic nitrogens is 3. The van der Waals surface area contributed by atoms with Crippen molar-refractivity contribution in [2.24, 2.45) is 0 Å². The zero-order valence-electron chi connectivity index (χ0n) is 10.8. The Morgan fingerprint density at radius 1 is 1.47 bits per heavy atom. The molecule has 0 radical (unpaired) electrons. The fourth-order valence-electron chi connectivity index (χ4n) is 2.13. The summed E-state index contributed by atoms with van der Waals surface area (Å²) >= 11 is 1.66. The molecule has 0 aliphatic carbocycles. The van der Waals surface area contributed by atoms with Crippen LogP contribution < -0.4 is 5.32 Å². The van der Waals surface area contributed by atoms with Gasteiger partial charge in [-0.05, 0) is 13.3 Å². The molecular weight excluding hydrogens is 260 g/mol. The summed E-state index contributed by atoms with van der Waals surface area (Å²) < 4.78 is 5.39. The summed E-state index contributed by atoms with van der Waals surface area (Å²) in [4.78, 5) is 13.0. The average Bonchev–Trinajstić information content (AvgIpc) is 3.08. The third kappa shape index (κ3) is 3.08. The number of ether oxygens (including phenoxy) is 1. The highest BCUT2D eigenvalue weighted by Crippen LogP contribution is 2.24. The molecule has 6 heteroatoms. The van der Waals surface area contributed by atoms with Crippen LogP contribution in [0.25, 0.3) is 0 Å². The van der Waals surface area contributed by atoms with Crippen molar-refractivity contribution in [1.82, 2.24) is 15.0 Å². The Labute approximate surface area is 116 Å². The van der Waals surface area contributed by atoms with Crippen LogP contribution in [0.4, 0.5) is 5.82 Å². The average molecular weight is 276 g/mol. The Morgan fingerprint density at radius 3 is 3.16 bits per heavy atom. The van der Waals surface area contributed by atoms with Crippen LogP contribution in [0.5, 0.6) is 0 Å². The van der Waals surface area contributed by atoms with Gasteiger partial charge < -0.3 is 10.1 Å². The quantitative estimate of drug-likeness (QED) is 0.929. The van der Waals surface area contributed by atoms with Gasteiger partial charge in [0.15, 0.2) is 0 Å². The van der Waals surface area contributed by atoms with Gasteiger partial charge in [0, 0.05) is 24.0 Å². The second-order valence-electron chi connectivity index (χ2n) is 4.60. The van der Waals surface area contributed by atoms with E-state index in [0.717, 1.165) is 41.8 Å². The van der Waals surface area contributed by atoms with Gasteiger partial charge in [0.25, 0.3) is 0 Å². The lowest BCUT2D eigenvalue weighted by molar-refractivity contribution is 0.193. The summed E-state index contributed by atoms with van der Waals surface area (Å²) in [6.07, 6.45) is 2.66. The fraction of sp³-hybridized carbons (Fsp3) is 0.462. The number of aryl methyl sites for hydroxylation is 1. The molecule has 1 fully saturated rings. The Kier molecular flexibility index (Phi) is 3.70. The van der Waals surface area contributed by atoms with E-state index >= 15 is 0 Å². The minimum Gasteiger partial charge on any atom is -0.381 e. The third-order valence-corrected chi connectivity index (χ3v) is 3.98. The van der Waals surface area contributed by atoms with Crippen molar-refractivity contribution in [3.8, 4) is 0 Å². The summed E-state index contributed by atoms with van der Waals surface area (Å²) in [5, 5.41) is 6.44. The van der Waals surface area contributed by atoms with Gasteiger partial charge in [0.05, 0.1) is 29.5 Å². The number of hydrogen-bond acceptors (Lipinski definition) is 6. The Bertz CT molecular complexity index is 551. The topological polar surface area (TPSA) is 59.9 Å². The van der Waals surface area contributed by atoms with Gasteiger partial charge in [0.1, 0.15) is 12.1 Å². The van der Waals surface area contributed by atoms with Crippen LogP contribution in [0.2, 0.25) is 0 Å². The second kappa shape index (κ2) is 5.63. The van der Waals surface area contributed by atoms with Crippen LogP contribution in [0.15, 0.2) is 17.8 Å². The van der Waals surface area contributed by atoms with Crippen molar-refractivity contribution in [3.63, 3.8) is 0 Å². The van der Waals surface area contributed by atoms with Crippen LogP contribution >= 0.6 is 11.3 Å². The molecule has 19 heavy (non-hydrogen) atoms. The van der Waals surface area contributed by atoms with Crippen molar-refractivity contribution in [3.05, 3.63) is 34.2 Å². The molecule has 100 valence electrons. The van der Waals surface area contributed by atoms with Crippen LogP contribution in [0.1, 0.15) is 28.7 Å². The van der Waals surface area contributed by atoms with E-state index in [-0.39, 0.29) is 0 Å². The van der Waals surface area contributed by atoms with Gasteiger partial charge in [-0.2, -0.15) is 0 Å². The summed E-state index contributed by atoms with van der Waals surface area (Å²) in [6, 6.07) is 2.01. The fourth-order valence-corrected chi connectivity index (χ4v) is 2.74. The van der Waals surface area contributed by atoms with E-state index in [9.17, 15) is 0 Å². The van der Waals surface area contributed by atoms with Gasteiger partial charge in [-0.15, -0.1) is 11.3 Å². The van der Waals surface area contributed by atoms with E-state index in [2.05, 4.69) is 25.6 Å². The molecule has 1 aliphatic rings. The predicted molar refractivity (Wildman–Crippen MR) is 74.4 cm³/mol. The zero-order chi connectivity index (χ0) is 13.1. The normalized spacial score (nSPS) is 18.7. The zero-order valence-corrected chi connectivity index (χ0v) is 11.6. The molecule has 5 nitrogen and oxygen atoms in total. The molecule has 0 spiro atoms. The molecule has 1 unspecified atom stereocenters. The lowest BCUT2D eigenvalue weighted by atomic mass is 10.1. The Morgan fingerprint density at radius 2 is 2.42 bits per heavy atom. The molecule has 1 aliphatic heterocycles. The summed E-state index contributed by atoms with van der Waals surface area (Å²) in [7, 11) is 0. The smallest absolute Gasteiger partial charge is 0.129 e. The van der Waals surface area contributed by atoms with E-state index in [1.54, 1.807) is 17.7 Å². The molecule has 3 heterocycles. The van der Waals surface area contributed by atoms with Gasteiger partial charge in [-0.3, -0.25) is 0 Å². The van der Waals surface area contributed by atoms with Gasteiger partial charge in [-0.25, -0.2) is 15.0 Å². The molecular formula is C13H16N4OS. The van der Waals surface area contributed by atoms with E-state index in [1.807, 2.05) is 13.0 Å². The predicted octanol–water partition coefficient (Wildman–Crippen LogP) is 2.36. The molecule has 1 saturated heterocycles. The first-order valence-corrected chi connectivity index (χ1v) is 7.24. The highest BCUT2D eigenvalue weighted by molar-refractivity contribution is 7.09. The largest absolute Gasteiger partial charge is 0.381 e. The van der Waals surface area contributed by atoms with Gasteiger partial charge in [-0.1, -0.05) is 0 Å². The van der Waals surface area contributed by atoms with E-state index in [0.29, 0.717) is 12.5 Å². The molecule has 1 atom stereocenters. The van der Waals surface area contributed by atoms with Crippen molar-refractivity contribution >= 4 is 17.2 Å². The lowest BCUT2D eigenvalue weighted by Gasteiger charge is -2.09. The first-order valence-electron chi connectivity index (χ1n) is 6.36. The first-order chi connectivity index (χ1) is 9.31. The number of rotatable bonds is 4. The molecule has 0 bridgehead atoms. The van der Waals surface area contributed by atoms with Crippen LogP contribution in [0, 0.1) is 6.92 Å². The highest BCUT2D eigenvalue weighted by Gasteiger charge is 2.19. The van der Waals surface area contributed by atoms with Crippen molar-refractivity contribution in [2.45, 2.75) is 25.8 Å². The van der Waals surface area contributed by atoms with Gasteiger partial charge in [0.2, 0.25) is 0 Å². The molecule has 1 N–H and O–H groups in total. The molecule has 3 rings (SSSR count). The Balaban J connectivity index is 1.65. The number of hydrogen-bond donors (Lipinski definition) is 1. The highest BCUT2D eigenvalue weighted by atomic mass is 32.1.